The number of carbonyl (C=O) groups excluding carboxylic acids is 1. The SMILES string of the molecule is CC(C)(C)CC(Cl)CNC(=O)c1cccc(C(F)(F)F)c1. The average Bonchev–Trinajstić information content (AvgIpc) is 2.33. The summed E-state index contributed by atoms with van der Waals surface area (Å²) < 4.78 is 37.7. The molecule has 1 N–H and O–H groups in total. The second-order valence-corrected chi connectivity index (χ2v) is 6.77. The van der Waals surface area contributed by atoms with Crippen LogP contribution in [0.15, 0.2) is 24.3 Å². The van der Waals surface area contributed by atoms with Gasteiger partial charge in [0.05, 0.1) is 10.9 Å². The number of hydrogen-bond acceptors (Lipinski definition) is 1. The maximum absolute atomic E-state index is 12.6. The number of nitrogens with one attached hydrogen (secondary N) is 1. The monoisotopic (exact) mass is 321 g/mol. The van der Waals surface area contributed by atoms with Crippen molar-refractivity contribution in [2.24, 2.45) is 5.41 Å². The van der Waals surface area contributed by atoms with E-state index in [2.05, 4.69) is 5.32 Å². The fraction of sp³-hybridized carbons (Fsp3) is 0.533. The van der Waals surface area contributed by atoms with Crippen molar-refractivity contribution in [3.63, 3.8) is 0 Å². The Balaban J connectivity index is 2.65. The molecule has 0 saturated carbocycles. The van der Waals surface area contributed by atoms with Gasteiger partial charge >= 0.3 is 6.18 Å². The van der Waals surface area contributed by atoms with Crippen molar-refractivity contribution in [3.05, 3.63) is 35.4 Å². The lowest BCUT2D eigenvalue weighted by atomic mass is 9.90. The van der Waals surface area contributed by atoms with E-state index >= 15 is 0 Å². The molecular formula is C15H19ClF3NO. The number of rotatable bonds is 4. The summed E-state index contributed by atoms with van der Waals surface area (Å²) in [5.41, 5.74) is -0.843. The third kappa shape index (κ3) is 6.38. The quantitative estimate of drug-likeness (QED) is 0.814. The molecule has 0 aliphatic carbocycles. The topological polar surface area (TPSA) is 29.1 Å². The summed E-state index contributed by atoms with van der Waals surface area (Å²) in [7, 11) is 0. The standard InChI is InChI=1S/C15H19ClF3NO/c1-14(2,3)8-12(16)9-20-13(21)10-5-4-6-11(7-10)15(17,18)19/h4-7,12H,8-9H2,1-3H3,(H,20,21). The lowest BCUT2D eigenvalue weighted by Gasteiger charge is -2.22. The summed E-state index contributed by atoms with van der Waals surface area (Å²) in [5.74, 6) is -0.555. The Hall–Kier alpha value is -1.23. The number of halogens is 4. The lowest BCUT2D eigenvalue weighted by Crippen LogP contribution is -2.31. The van der Waals surface area contributed by atoms with E-state index in [9.17, 15) is 18.0 Å². The molecule has 6 heteroatoms. The van der Waals surface area contributed by atoms with Gasteiger partial charge in [-0.25, -0.2) is 0 Å². The van der Waals surface area contributed by atoms with Gasteiger partial charge in [0.1, 0.15) is 0 Å². The molecule has 0 heterocycles. The number of amides is 1. The predicted octanol–water partition coefficient (Wildman–Crippen LogP) is 4.48. The molecule has 0 aliphatic rings. The maximum atomic E-state index is 12.6. The van der Waals surface area contributed by atoms with Gasteiger partial charge in [-0.2, -0.15) is 13.2 Å². The van der Waals surface area contributed by atoms with Crippen LogP contribution in [0.4, 0.5) is 13.2 Å². The molecule has 1 unspecified atom stereocenters. The van der Waals surface area contributed by atoms with Crippen LogP contribution in [-0.2, 0) is 6.18 Å². The molecule has 1 rings (SSSR count). The predicted molar refractivity (Wildman–Crippen MR) is 77.5 cm³/mol. The normalized spacial score (nSPS) is 13.9. The summed E-state index contributed by atoms with van der Waals surface area (Å²) in [4.78, 5) is 11.9. The Morgan fingerprint density at radius 2 is 1.90 bits per heavy atom. The fourth-order valence-corrected chi connectivity index (χ4v) is 2.42. The second kappa shape index (κ2) is 6.69. The van der Waals surface area contributed by atoms with Gasteiger partial charge in [0.2, 0.25) is 0 Å². The van der Waals surface area contributed by atoms with Gasteiger partial charge in [0.15, 0.2) is 0 Å². The molecule has 1 atom stereocenters. The highest BCUT2D eigenvalue weighted by Gasteiger charge is 2.30. The Labute approximate surface area is 127 Å². The zero-order chi connectivity index (χ0) is 16.3. The zero-order valence-electron chi connectivity index (χ0n) is 12.2. The van der Waals surface area contributed by atoms with Crippen LogP contribution in [0.1, 0.15) is 43.1 Å². The molecule has 0 spiro atoms. The van der Waals surface area contributed by atoms with Crippen LogP contribution in [-0.4, -0.2) is 17.8 Å². The highest BCUT2D eigenvalue weighted by molar-refractivity contribution is 6.21. The maximum Gasteiger partial charge on any atom is 0.416 e. The summed E-state index contributed by atoms with van der Waals surface area (Å²) in [6.07, 6.45) is -3.77. The van der Waals surface area contributed by atoms with Gasteiger partial charge in [0, 0.05) is 12.1 Å². The van der Waals surface area contributed by atoms with Crippen LogP contribution in [0, 0.1) is 5.41 Å². The number of alkyl halides is 4. The first-order chi connectivity index (χ1) is 9.49. The zero-order valence-corrected chi connectivity index (χ0v) is 13.0. The molecule has 21 heavy (non-hydrogen) atoms. The number of carbonyl (C=O) groups is 1. The van der Waals surface area contributed by atoms with Crippen LogP contribution in [0.2, 0.25) is 0 Å². The molecule has 2 nitrogen and oxygen atoms in total. The Kier molecular flexibility index (Phi) is 5.68. The Bertz CT molecular complexity index is 494. The van der Waals surface area contributed by atoms with Crippen LogP contribution < -0.4 is 5.32 Å². The minimum atomic E-state index is -4.46. The van der Waals surface area contributed by atoms with Gasteiger partial charge in [-0.05, 0) is 30.0 Å². The Morgan fingerprint density at radius 1 is 1.29 bits per heavy atom. The van der Waals surface area contributed by atoms with Gasteiger partial charge in [-0.15, -0.1) is 11.6 Å². The number of benzene rings is 1. The first-order valence-electron chi connectivity index (χ1n) is 6.58. The molecule has 0 aliphatic heterocycles. The molecular weight excluding hydrogens is 303 g/mol. The molecule has 0 fully saturated rings. The minimum Gasteiger partial charge on any atom is -0.351 e. The van der Waals surface area contributed by atoms with Gasteiger partial charge < -0.3 is 5.32 Å². The third-order valence-corrected chi connectivity index (χ3v) is 3.08. The number of hydrogen-bond donors (Lipinski definition) is 1. The van der Waals surface area contributed by atoms with Crippen molar-refractivity contribution in [3.8, 4) is 0 Å². The van der Waals surface area contributed by atoms with E-state index in [4.69, 9.17) is 11.6 Å². The van der Waals surface area contributed by atoms with Crippen molar-refractivity contribution in [1.82, 2.24) is 5.32 Å². The molecule has 0 radical (unpaired) electrons. The fourth-order valence-electron chi connectivity index (χ4n) is 1.88. The summed E-state index contributed by atoms with van der Waals surface area (Å²) in [6, 6.07) is 4.33. The van der Waals surface area contributed by atoms with Crippen molar-refractivity contribution in [1.29, 1.82) is 0 Å². The van der Waals surface area contributed by atoms with E-state index in [1.807, 2.05) is 20.8 Å². The van der Waals surface area contributed by atoms with Crippen LogP contribution in [0.25, 0.3) is 0 Å². The minimum absolute atomic E-state index is 0.0212. The smallest absolute Gasteiger partial charge is 0.351 e. The van der Waals surface area contributed by atoms with Gasteiger partial charge in [0.25, 0.3) is 5.91 Å². The molecule has 0 bridgehead atoms. The van der Waals surface area contributed by atoms with Crippen molar-refractivity contribution < 1.29 is 18.0 Å². The highest BCUT2D eigenvalue weighted by atomic mass is 35.5. The van der Waals surface area contributed by atoms with Crippen molar-refractivity contribution in [2.45, 2.75) is 38.7 Å². The van der Waals surface area contributed by atoms with E-state index in [1.165, 1.54) is 12.1 Å². The van der Waals surface area contributed by atoms with E-state index in [0.29, 0.717) is 6.42 Å². The van der Waals surface area contributed by atoms with E-state index in [1.54, 1.807) is 0 Å². The van der Waals surface area contributed by atoms with E-state index in [-0.39, 0.29) is 22.9 Å². The average molecular weight is 322 g/mol. The molecule has 118 valence electrons. The van der Waals surface area contributed by atoms with Gasteiger partial charge in [-0.3, -0.25) is 4.79 Å². The molecule has 0 aromatic heterocycles. The summed E-state index contributed by atoms with van der Waals surface area (Å²) in [6.45, 7) is 6.29. The molecule has 0 saturated heterocycles. The lowest BCUT2D eigenvalue weighted by molar-refractivity contribution is -0.137. The highest BCUT2D eigenvalue weighted by Crippen LogP contribution is 2.29. The Morgan fingerprint density at radius 3 is 2.43 bits per heavy atom. The summed E-state index contributed by atoms with van der Waals surface area (Å²) >= 11 is 6.11. The molecule has 1 aromatic carbocycles. The first kappa shape index (κ1) is 17.8. The summed E-state index contributed by atoms with van der Waals surface area (Å²) in [5, 5.41) is 2.30. The van der Waals surface area contributed by atoms with Crippen LogP contribution in [0.5, 0.6) is 0 Å². The van der Waals surface area contributed by atoms with Gasteiger partial charge in [-0.1, -0.05) is 26.8 Å². The van der Waals surface area contributed by atoms with Crippen molar-refractivity contribution >= 4 is 17.5 Å². The first-order valence-corrected chi connectivity index (χ1v) is 7.02. The third-order valence-electron chi connectivity index (χ3n) is 2.77. The molecule has 1 aromatic rings. The van der Waals surface area contributed by atoms with Crippen LogP contribution in [0.3, 0.4) is 0 Å². The van der Waals surface area contributed by atoms with Crippen molar-refractivity contribution in [2.75, 3.05) is 6.54 Å². The molecule has 1 amide bonds. The van der Waals surface area contributed by atoms with E-state index in [0.717, 1.165) is 12.1 Å². The largest absolute Gasteiger partial charge is 0.416 e. The van der Waals surface area contributed by atoms with Crippen LogP contribution >= 0.6 is 11.6 Å². The van der Waals surface area contributed by atoms with E-state index < -0.39 is 17.6 Å². The second-order valence-electron chi connectivity index (χ2n) is 6.15.